The quantitative estimate of drug-likeness (QED) is 0.882. The number of halogens is 2. The van der Waals surface area contributed by atoms with Crippen LogP contribution in [0.25, 0.3) is 0 Å². The van der Waals surface area contributed by atoms with E-state index in [2.05, 4.69) is 15.5 Å². The summed E-state index contributed by atoms with van der Waals surface area (Å²) in [6.07, 6.45) is 0. The fourth-order valence-corrected chi connectivity index (χ4v) is 2.17. The predicted molar refractivity (Wildman–Crippen MR) is 86.7 cm³/mol. The van der Waals surface area contributed by atoms with Gasteiger partial charge in [0.1, 0.15) is 0 Å². The van der Waals surface area contributed by atoms with Crippen LogP contribution in [0.1, 0.15) is 12.5 Å². The summed E-state index contributed by atoms with van der Waals surface area (Å²) in [5.74, 6) is 0.112. The first-order valence-corrected chi connectivity index (χ1v) is 6.54. The van der Waals surface area contributed by atoms with E-state index >= 15 is 0 Å². The van der Waals surface area contributed by atoms with Crippen molar-refractivity contribution in [3.63, 3.8) is 0 Å². The average molecular weight is 320 g/mol. The largest absolute Gasteiger partial charge is 0.351 e. The second-order valence-electron chi connectivity index (χ2n) is 4.67. The molecule has 4 nitrogen and oxygen atoms in total. The van der Waals surface area contributed by atoms with E-state index in [9.17, 15) is 4.79 Å². The Labute approximate surface area is 133 Å². The van der Waals surface area contributed by atoms with Crippen LogP contribution in [0.5, 0.6) is 0 Å². The van der Waals surface area contributed by atoms with Gasteiger partial charge in [0.05, 0.1) is 6.04 Å². The molecule has 0 aromatic heterocycles. The molecule has 1 heterocycles. The van der Waals surface area contributed by atoms with Gasteiger partial charge in [-0.05, 0) is 12.5 Å². The Bertz CT molecular complexity index is 383. The first-order valence-electron chi connectivity index (χ1n) is 6.54. The Balaban J connectivity index is 0.00000180. The van der Waals surface area contributed by atoms with Crippen LogP contribution in [0.15, 0.2) is 30.3 Å². The molecule has 0 aliphatic carbocycles. The van der Waals surface area contributed by atoms with Crippen molar-refractivity contribution in [3.05, 3.63) is 35.9 Å². The Morgan fingerprint density at radius 3 is 2.45 bits per heavy atom. The van der Waals surface area contributed by atoms with Crippen LogP contribution < -0.4 is 10.6 Å². The van der Waals surface area contributed by atoms with E-state index in [-0.39, 0.29) is 36.8 Å². The van der Waals surface area contributed by atoms with Crippen LogP contribution in [0.4, 0.5) is 0 Å². The van der Waals surface area contributed by atoms with Crippen molar-refractivity contribution >= 4 is 30.7 Å². The summed E-state index contributed by atoms with van der Waals surface area (Å²) in [5, 5.41) is 6.29. The number of nitrogens with one attached hydrogen (secondary N) is 2. The second kappa shape index (κ2) is 10.00. The Morgan fingerprint density at radius 1 is 1.25 bits per heavy atom. The summed E-state index contributed by atoms with van der Waals surface area (Å²) in [7, 11) is 0. The van der Waals surface area contributed by atoms with Crippen LogP contribution in [0.3, 0.4) is 0 Å². The molecule has 2 N–H and O–H groups in total. The molecule has 114 valence electrons. The summed E-state index contributed by atoms with van der Waals surface area (Å²) in [4.78, 5) is 14.3. The van der Waals surface area contributed by atoms with Gasteiger partial charge in [-0.2, -0.15) is 0 Å². The molecule has 1 unspecified atom stereocenters. The lowest BCUT2D eigenvalue weighted by atomic mass is 10.2. The van der Waals surface area contributed by atoms with Crippen LogP contribution in [0, 0.1) is 0 Å². The van der Waals surface area contributed by atoms with Crippen molar-refractivity contribution < 1.29 is 4.79 Å². The van der Waals surface area contributed by atoms with Gasteiger partial charge in [-0.15, -0.1) is 24.8 Å². The van der Waals surface area contributed by atoms with E-state index in [1.54, 1.807) is 0 Å². The van der Waals surface area contributed by atoms with Crippen LogP contribution in [-0.4, -0.2) is 43.0 Å². The van der Waals surface area contributed by atoms with Gasteiger partial charge in [0.25, 0.3) is 0 Å². The fourth-order valence-electron chi connectivity index (χ4n) is 2.17. The van der Waals surface area contributed by atoms with Gasteiger partial charge in [0.15, 0.2) is 0 Å². The average Bonchev–Trinajstić information content (AvgIpc) is 2.46. The van der Waals surface area contributed by atoms with Crippen molar-refractivity contribution in [3.8, 4) is 0 Å². The monoisotopic (exact) mass is 319 g/mol. The Hall–Kier alpha value is -0.810. The van der Waals surface area contributed by atoms with Crippen LogP contribution in [0.2, 0.25) is 0 Å². The minimum absolute atomic E-state index is 0. The number of carbonyl (C=O) groups is 1. The highest BCUT2D eigenvalue weighted by atomic mass is 35.5. The molecule has 1 aliphatic heterocycles. The Kier molecular flexibility index (Phi) is 9.59. The maximum Gasteiger partial charge on any atom is 0.237 e. The van der Waals surface area contributed by atoms with E-state index in [1.165, 1.54) is 0 Å². The van der Waals surface area contributed by atoms with Crippen molar-refractivity contribution in [2.24, 2.45) is 0 Å². The molecule has 0 spiro atoms. The molecule has 20 heavy (non-hydrogen) atoms. The van der Waals surface area contributed by atoms with E-state index in [0.29, 0.717) is 6.54 Å². The summed E-state index contributed by atoms with van der Waals surface area (Å²) in [6.45, 7) is 6.41. The summed E-state index contributed by atoms with van der Waals surface area (Å²) >= 11 is 0. The smallest absolute Gasteiger partial charge is 0.237 e. The lowest BCUT2D eigenvalue weighted by molar-refractivity contribution is -0.126. The number of piperazine rings is 1. The zero-order valence-electron chi connectivity index (χ0n) is 11.7. The minimum Gasteiger partial charge on any atom is -0.351 e. The van der Waals surface area contributed by atoms with Crippen molar-refractivity contribution in [1.29, 1.82) is 0 Å². The first kappa shape index (κ1) is 19.2. The first-order chi connectivity index (χ1) is 8.77. The number of carbonyl (C=O) groups excluding carboxylic acids is 1. The van der Waals surface area contributed by atoms with Gasteiger partial charge < -0.3 is 10.6 Å². The standard InChI is InChI=1S/C14H21N3O.2ClH/c1-12(17-9-7-15-8-10-17)14(18)16-11-13-5-3-2-4-6-13;;/h2-6,12,15H,7-11H2,1H3,(H,16,18);2*1H. The van der Waals surface area contributed by atoms with E-state index in [4.69, 9.17) is 0 Å². The molecule has 2 rings (SSSR count). The number of benzene rings is 1. The van der Waals surface area contributed by atoms with Crippen molar-refractivity contribution in [2.45, 2.75) is 19.5 Å². The summed E-state index contributed by atoms with van der Waals surface area (Å²) < 4.78 is 0. The number of hydrogen-bond donors (Lipinski definition) is 2. The summed E-state index contributed by atoms with van der Waals surface area (Å²) in [5.41, 5.74) is 1.14. The molecule has 1 aromatic rings. The summed E-state index contributed by atoms with van der Waals surface area (Å²) in [6, 6.07) is 9.96. The van der Waals surface area contributed by atoms with Crippen LogP contribution in [-0.2, 0) is 11.3 Å². The molecular weight excluding hydrogens is 297 g/mol. The SMILES string of the molecule is CC(C(=O)NCc1ccccc1)N1CCNCC1.Cl.Cl. The van der Waals surface area contributed by atoms with Gasteiger partial charge >= 0.3 is 0 Å². The van der Waals surface area contributed by atoms with Gasteiger partial charge in [0, 0.05) is 32.7 Å². The molecule has 0 bridgehead atoms. The second-order valence-corrected chi connectivity index (χ2v) is 4.67. The topological polar surface area (TPSA) is 44.4 Å². The fraction of sp³-hybridized carbons (Fsp3) is 0.500. The van der Waals surface area contributed by atoms with E-state index in [0.717, 1.165) is 31.7 Å². The molecule has 1 amide bonds. The molecule has 1 aliphatic rings. The molecule has 1 aromatic carbocycles. The molecule has 0 saturated carbocycles. The molecular formula is C14H23Cl2N3O. The molecule has 1 fully saturated rings. The van der Waals surface area contributed by atoms with E-state index in [1.807, 2.05) is 37.3 Å². The van der Waals surface area contributed by atoms with Gasteiger partial charge in [-0.3, -0.25) is 9.69 Å². The number of amides is 1. The Morgan fingerprint density at radius 2 is 1.85 bits per heavy atom. The third kappa shape index (κ3) is 5.67. The number of hydrogen-bond acceptors (Lipinski definition) is 3. The van der Waals surface area contributed by atoms with Crippen molar-refractivity contribution in [1.82, 2.24) is 15.5 Å². The van der Waals surface area contributed by atoms with Gasteiger partial charge in [-0.1, -0.05) is 30.3 Å². The van der Waals surface area contributed by atoms with Crippen LogP contribution >= 0.6 is 24.8 Å². The molecule has 1 atom stereocenters. The lowest BCUT2D eigenvalue weighted by Crippen LogP contribution is -2.52. The molecule has 0 radical (unpaired) electrons. The highest BCUT2D eigenvalue weighted by Gasteiger charge is 2.22. The van der Waals surface area contributed by atoms with E-state index < -0.39 is 0 Å². The lowest BCUT2D eigenvalue weighted by Gasteiger charge is -2.31. The predicted octanol–water partition coefficient (Wildman–Crippen LogP) is 1.44. The van der Waals surface area contributed by atoms with Crippen molar-refractivity contribution in [2.75, 3.05) is 26.2 Å². The number of rotatable bonds is 4. The third-order valence-corrected chi connectivity index (χ3v) is 3.39. The highest BCUT2D eigenvalue weighted by Crippen LogP contribution is 2.02. The third-order valence-electron chi connectivity index (χ3n) is 3.39. The van der Waals surface area contributed by atoms with Gasteiger partial charge in [-0.25, -0.2) is 0 Å². The maximum atomic E-state index is 12.0. The van der Waals surface area contributed by atoms with Gasteiger partial charge in [0.2, 0.25) is 5.91 Å². The zero-order valence-corrected chi connectivity index (χ0v) is 13.3. The number of nitrogens with zero attached hydrogens (tertiary/aromatic N) is 1. The minimum atomic E-state index is -0.0455. The normalized spacial score (nSPS) is 16.4. The highest BCUT2D eigenvalue weighted by molar-refractivity contribution is 5.85. The molecule has 1 saturated heterocycles. The zero-order chi connectivity index (χ0) is 12.8. The maximum absolute atomic E-state index is 12.0. The molecule has 6 heteroatoms.